The number of nitrogens with zero attached hydrogens (tertiary/aromatic N) is 1. The minimum Gasteiger partial charge on any atom is -0.497 e. The second-order valence-corrected chi connectivity index (χ2v) is 10.2. The van der Waals surface area contributed by atoms with E-state index in [1.165, 1.54) is 11.1 Å². The van der Waals surface area contributed by atoms with Crippen molar-refractivity contribution >= 4 is 5.97 Å². The Kier molecular flexibility index (Phi) is 10.8. The summed E-state index contributed by atoms with van der Waals surface area (Å²) in [4.78, 5) is 13.6. The molecule has 0 aromatic heterocycles. The molecule has 0 amide bonds. The largest absolute Gasteiger partial charge is 0.497 e. The van der Waals surface area contributed by atoms with E-state index in [-0.39, 0.29) is 18.4 Å². The SMILES string of the molecule is COc1ccc(CN(CC(c2ccccc2)c2ccccc2)C(C)CCOc2cccc(CC(=O)O)c2)c(OC)c1. The quantitative estimate of drug-likeness (QED) is 0.174. The third-order valence-electron chi connectivity index (χ3n) is 7.37. The number of hydrogen-bond donors (Lipinski definition) is 1. The number of benzene rings is 4. The molecule has 1 atom stereocenters. The van der Waals surface area contributed by atoms with Crippen molar-refractivity contribution in [2.24, 2.45) is 0 Å². The molecule has 6 nitrogen and oxygen atoms in total. The molecule has 0 spiro atoms. The first-order valence-corrected chi connectivity index (χ1v) is 13.9. The lowest BCUT2D eigenvalue weighted by Crippen LogP contribution is -2.37. The number of carbonyl (C=O) groups is 1. The number of ether oxygens (including phenoxy) is 3. The number of methoxy groups -OCH3 is 2. The highest BCUT2D eigenvalue weighted by Crippen LogP contribution is 2.31. The van der Waals surface area contributed by atoms with Crippen LogP contribution in [0.4, 0.5) is 0 Å². The van der Waals surface area contributed by atoms with Crippen molar-refractivity contribution in [1.82, 2.24) is 4.90 Å². The van der Waals surface area contributed by atoms with Gasteiger partial charge in [-0.05, 0) is 48.2 Å². The summed E-state index contributed by atoms with van der Waals surface area (Å²) < 4.78 is 17.3. The zero-order valence-corrected chi connectivity index (χ0v) is 24.0. The van der Waals surface area contributed by atoms with Crippen molar-refractivity contribution in [3.05, 3.63) is 125 Å². The third-order valence-corrected chi connectivity index (χ3v) is 7.37. The minimum absolute atomic E-state index is 0.0224. The van der Waals surface area contributed by atoms with E-state index in [9.17, 15) is 4.79 Å². The van der Waals surface area contributed by atoms with E-state index in [4.69, 9.17) is 19.3 Å². The Morgan fingerprint density at radius 1 is 0.805 bits per heavy atom. The highest BCUT2D eigenvalue weighted by molar-refractivity contribution is 5.70. The van der Waals surface area contributed by atoms with Gasteiger partial charge in [0.25, 0.3) is 0 Å². The van der Waals surface area contributed by atoms with Crippen LogP contribution in [-0.2, 0) is 17.8 Å². The Morgan fingerprint density at radius 2 is 1.49 bits per heavy atom. The average molecular weight is 554 g/mol. The van der Waals surface area contributed by atoms with E-state index in [0.717, 1.165) is 35.6 Å². The highest BCUT2D eigenvalue weighted by Gasteiger charge is 2.23. The summed E-state index contributed by atoms with van der Waals surface area (Å²) >= 11 is 0. The highest BCUT2D eigenvalue weighted by atomic mass is 16.5. The lowest BCUT2D eigenvalue weighted by molar-refractivity contribution is -0.136. The maximum absolute atomic E-state index is 11.1. The monoisotopic (exact) mass is 553 g/mol. The van der Waals surface area contributed by atoms with Gasteiger partial charge in [-0.15, -0.1) is 0 Å². The Morgan fingerprint density at radius 3 is 2.10 bits per heavy atom. The van der Waals surface area contributed by atoms with E-state index < -0.39 is 5.97 Å². The van der Waals surface area contributed by atoms with Crippen molar-refractivity contribution in [3.8, 4) is 17.2 Å². The standard InChI is InChI=1S/C35H39NO5/c1-26(19-20-41-32-16-10-11-27(21-32)22-35(37)38)36(24-30-17-18-31(39-2)23-34(30)40-3)25-33(28-12-6-4-7-13-28)29-14-8-5-9-15-29/h4-18,21,23,26,33H,19-20,22,24-25H2,1-3H3,(H,37,38). The van der Waals surface area contributed by atoms with Crippen LogP contribution < -0.4 is 14.2 Å². The molecule has 0 saturated carbocycles. The van der Waals surface area contributed by atoms with Crippen LogP contribution >= 0.6 is 0 Å². The van der Waals surface area contributed by atoms with Crippen molar-refractivity contribution < 1.29 is 24.1 Å². The van der Waals surface area contributed by atoms with Gasteiger partial charge in [-0.25, -0.2) is 0 Å². The normalized spacial score (nSPS) is 11.8. The second kappa shape index (κ2) is 14.9. The lowest BCUT2D eigenvalue weighted by atomic mass is 9.90. The maximum atomic E-state index is 11.1. The summed E-state index contributed by atoms with van der Waals surface area (Å²) in [5.74, 6) is 1.56. The zero-order valence-electron chi connectivity index (χ0n) is 24.0. The molecule has 4 aromatic carbocycles. The van der Waals surface area contributed by atoms with Gasteiger partial charge < -0.3 is 19.3 Å². The molecule has 0 aliphatic carbocycles. The van der Waals surface area contributed by atoms with Crippen LogP contribution in [0.5, 0.6) is 17.2 Å². The molecule has 0 heterocycles. The Labute approximate surface area is 243 Å². The number of carboxylic acid groups (broad SMARTS) is 1. The minimum atomic E-state index is -0.855. The van der Waals surface area contributed by atoms with Crippen LogP contribution in [0.2, 0.25) is 0 Å². The van der Waals surface area contributed by atoms with Gasteiger partial charge in [0.1, 0.15) is 17.2 Å². The second-order valence-electron chi connectivity index (χ2n) is 10.2. The Hall–Kier alpha value is -4.29. The van der Waals surface area contributed by atoms with Crippen molar-refractivity contribution in [2.75, 3.05) is 27.4 Å². The van der Waals surface area contributed by atoms with Crippen molar-refractivity contribution in [3.63, 3.8) is 0 Å². The van der Waals surface area contributed by atoms with Gasteiger partial charge in [0.15, 0.2) is 0 Å². The summed E-state index contributed by atoms with van der Waals surface area (Å²) in [6.45, 7) is 4.24. The fourth-order valence-corrected chi connectivity index (χ4v) is 5.06. The molecule has 0 saturated heterocycles. The molecular weight excluding hydrogens is 514 g/mol. The molecule has 214 valence electrons. The molecule has 0 aliphatic rings. The molecular formula is C35H39NO5. The molecule has 41 heavy (non-hydrogen) atoms. The number of hydrogen-bond acceptors (Lipinski definition) is 5. The van der Waals surface area contributed by atoms with Crippen LogP contribution in [0.1, 0.15) is 41.5 Å². The van der Waals surface area contributed by atoms with Gasteiger partial charge in [-0.2, -0.15) is 0 Å². The van der Waals surface area contributed by atoms with Crippen LogP contribution in [0, 0.1) is 0 Å². The van der Waals surface area contributed by atoms with Gasteiger partial charge in [0.2, 0.25) is 0 Å². The average Bonchev–Trinajstić information content (AvgIpc) is 3.00. The smallest absolute Gasteiger partial charge is 0.307 e. The van der Waals surface area contributed by atoms with E-state index in [2.05, 4.69) is 78.6 Å². The van der Waals surface area contributed by atoms with E-state index in [0.29, 0.717) is 18.9 Å². The molecule has 0 fully saturated rings. The summed E-state index contributed by atoms with van der Waals surface area (Å²) in [6.07, 6.45) is 0.767. The molecule has 4 aromatic rings. The van der Waals surface area contributed by atoms with Gasteiger partial charge >= 0.3 is 5.97 Å². The number of carboxylic acids is 1. The van der Waals surface area contributed by atoms with Crippen LogP contribution in [0.15, 0.2) is 103 Å². The fourth-order valence-electron chi connectivity index (χ4n) is 5.06. The summed E-state index contributed by atoms with van der Waals surface area (Å²) in [5.41, 5.74) is 4.35. The summed E-state index contributed by atoms with van der Waals surface area (Å²) in [6, 6.07) is 34.7. The topological polar surface area (TPSA) is 68.2 Å². The van der Waals surface area contributed by atoms with Gasteiger partial charge in [0.05, 0.1) is 27.2 Å². The molecule has 1 N–H and O–H groups in total. The molecule has 0 radical (unpaired) electrons. The lowest BCUT2D eigenvalue weighted by Gasteiger charge is -2.33. The van der Waals surface area contributed by atoms with Gasteiger partial charge in [-0.3, -0.25) is 9.69 Å². The first kappa shape index (κ1) is 29.7. The van der Waals surface area contributed by atoms with Crippen LogP contribution in [0.25, 0.3) is 0 Å². The van der Waals surface area contributed by atoms with Gasteiger partial charge in [-0.1, -0.05) is 78.9 Å². The van der Waals surface area contributed by atoms with E-state index in [1.807, 2.05) is 24.3 Å². The predicted octanol–water partition coefficient (Wildman–Crippen LogP) is 6.82. The fraction of sp³-hybridized carbons (Fsp3) is 0.286. The Balaban J connectivity index is 1.57. The molecule has 4 rings (SSSR count). The predicted molar refractivity (Wildman–Crippen MR) is 162 cm³/mol. The van der Waals surface area contributed by atoms with Crippen molar-refractivity contribution in [2.45, 2.75) is 38.3 Å². The Bertz CT molecular complexity index is 1340. The zero-order chi connectivity index (χ0) is 29.0. The number of aliphatic carboxylic acids is 1. The third kappa shape index (κ3) is 8.60. The first-order valence-electron chi connectivity index (χ1n) is 13.9. The van der Waals surface area contributed by atoms with Crippen LogP contribution in [-0.4, -0.2) is 49.4 Å². The van der Waals surface area contributed by atoms with E-state index in [1.54, 1.807) is 26.4 Å². The summed E-state index contributed by atoms with van der Waals surface area (Å²) in [7, 11) is 3.35. The number of rotatable bonds is 15. The van der Waals surface area contributed by atoms with Crippen molar-refractivity contribution in [1.29, 1.82) is 0 Å². The van der Waals surface area contributed by atoms with Gasteiger partial charge in [0, 0.05) is 36.7 Å². The first-order chi connectivity index (χ1) is 20.0. The maximum Gasteiger partial charge on any atom is 0.307 e. The molecule has 1 unspecified atom stereocenters. The van der Waals surface area contributed by atoms with E-state index >= 15 is 0 Å². The molecule has 0 bridgehead atoms. The molecule has 0 aliphatic heterocycles. The summed E-state index contributed by atoms with van der Waals surface area (Å²) in [5, 5.41) is 9.13. The molecule has 6 heteroatoms. The van der Waals surface area contributed by atoms with Crippen LogP contribution in [0.3, 0.4) is 0 Å².